The van der Waals surface area contributed by atoms with Crippen molar-refractivity contribution in [1.82, 2.24) is 25.0 Å². The molecule has 0 aliphatic carbocycles. The molecule has 5 heteroatoms. The van der Waals surface area contributed by atoms with Crippen molar-refractivity contribution >= 4 is 11.3 Å². The highest BCUT2D eigenvalue weighted by atomic mass is 15.5. The van der Waals surface area contributed by atoms with E-state index in [1.165, 1.54) is 0 Å². The zero-order valence-electron chi connectivity index (χ0n) is 6.97. The fourth-order valence-corrected chi connectivity index (χ4v) is 1.04. The van der Waals surface area contributed by atoms with Crippen LogP contribution in [0.5, 0.6) is 0 Å². The van der Waals surface area contributed by atoms with E-state index in [9.17, 15) is 0 Å². The van der Waals surface area contributed by atoms with Gasteiger partial charge in [-0.15, -0.1) is 5.10 Å². The second kappa shape index (κ2) is 2.51. The number of nitrogens with zero attached hydrogens (tertiary/aromatic N) is 5. The van der Waals surface area contributed by atoms with Gasteiger partial charge in [-0.05, 0) is 13.8 Å². The normalized spacial score (nSPS) is 11.2. The van der Waals surface area contributed by atoms with Crippen LogP contribution in [0.25, 0.3) is 11.3 Å². The van der Waals surface area contributed by atoms with E-state index in [0.717, 1.165) is 5.65 Å². The highest BCUT2D eigenvalue weighted by molar-refractivity contribution is 5.63. The number of aromatic nitrogens is 5. The van der Waals surface area contributed by atoms with Crippen molar-refractivity contribution in [2.75, 3.05) is 0 Å². The molecule has 0 saturated carbocycles. The molecule has 0 aliphatic heterocycles. The third-order valence-corrected chi connectivity index (χ3v) is 1.60. The largest absolute Gasteiger partial charge is 0.232 e. The van der Waals surface area contributed by atoms with Crippen LogP contribution in [0.3, 0.4) is 0 Å². The van der Waals surface area contributed by atoms with Gasteiger partial charge in [0.1, 0.15) is 0 Å². The molecule has 0 atom stereocenters. The molecule has 2 aromatic heterocycles. The number of rotatable bonds is 1. The molecule has 0 saturated heterocycles. The Hall–Kier alpha value is -1.52. The monoisotopic (exact) mass is 163 g/mol. The SMILES string of the molecule is CC(C)n1nnc2nccnc21. The summed E-state index contributed by atoms with van der Waals surface area (Å²) in [5, 5.41) is 7.82. The van der Waals surface area contributed by atoms with Crippen LogP contribution in [0, 0.1) is 0 Å². The van der Waals surface area contributed by atoms with Gasteiger partial charge in [0.05, 0.1) is 6.04 Å². The van der Waals surface area contributed by atoms with Crippen molar-refractivity contribution in [3.8, 4) is 0 Å². The molecule has 2 heterocycles. The van der Waals surface area contributed by atoms with Crippen LogP contribution in [0.1, 0.15) is 19.9 Å². The molecule has 12 heavy (non-hydrogen) atoms. The first kappa shape index (κ1) is 7.15. The van der Waals surface area contributed by atoms with Gasteiger partial charge in [0.15, 0.2) is 5.65 Å². The van der Waals surface area contributed by atoms with E-state index in [1.54, 1.807) is 17.1 Å². The van der Waals surface area contributed by atoms with Crippen molar-refractivity contribution in [3.05, 3.63) is 12.4 Å². The number of hydrogen-bond acceptors (Lipinski definition) is 4. The summed E-state index contributed by atoms with van der Waals surface area (Å²) in [7, 11) is 0. The van der Waals surface area contributed by atoms with E-state index in [0.29, 0.717) is 5.65 Å². The summed E-state index contributed by atoms with van der Waals surface area (Å²) >= 11 is 0. The summed E-state index contributed by atoms with van der Waals surface area (Å²) < 4.78 is 1.75. The van der Waals surface area contributed by atoms with Crippen molar-refractivity contribution in [3.63, 3.8) is 0 Å². The summed E-state index contributed by atoms with van der Waals surface area (Å²) in [5.74, 6) is 0. The Morgan fingerprint density at radius 3 is 2.75 bits per heavy atom. The van der Waals surface area contributed by atoms with Gasteiger partial charge in [-0.2, -0.15) is 0 Å². The lowest BCUT2D eigenvalue weighted by Crippen LogP contribution is -2.03. The molecule has 0 amide bonds. The summed E-state index contributed by atoms with van der Waals surface area (Å²) in [6.07, 6.45) is 3.26. The molecule has 0 fully saturated rings. The maximum atomic E-state index is 4.14. The van der Waals surface area contributed by atoms with E-state index >= 15 is 0 Å². The molecule has 0 aliphatic rings. The van der Waals surface area contributed by atoms with Gasteiger partial charge in [-0.1, -0.05) is 5.21 Å². The quantitative estimate of drug-likeness (QED) is 0.624. The van der Waals surface area contributed by atoms with Crippen molar-refractivity contribution in [1.29, 1.82) is 0 Å². The van der Waals surface area contributed by atoms with Crippen LogP contribution in [0.4, 0.5) is 0 Å². The molecule has 2 rings (SSSR count). The molecular formula is C7H9N5. The van der Waals surface area contributed by atoms with Crippen molar-refractivity contribution in [2.45, 2.75) is 19.9 Å². The van der Waals surface area contributed by atoms with Gasteiger partial charge in [-0.25, -0.2) is 14.6 Å². The topological polar surface area (TPSA) is 56.5 Å². The lowest BCUT2D eigenvalue weighted by Gasteiger charge is -2.02. The Balaban J connectivity index is 2.70. The minimum Gasteiger partial charge on any atom is -0.232 e. The number of fused-ring (bicyclic) bond motifs is 1. The van der Waals surface area contributed by atoms with Crippen molar-refractivity contribution in [2.24, 2.45) is 0 Å². The zero-order valence-corrected chi connectivity index (χ0v) is 6.97. The molecule has 2 aromatic rings. The fraction of sp³-hybridized carbons (Fsp3) is 0.429. The molecule has 0 aromatic carbocycles. The lowest BCUT2D eigenvalue weighted by molar-refractivity contribution is 0.526. The highest BCUT2D eigenvalue weighted by Crippen LogP contribution is 2.08. The third kappa shape index (κ3) is 0.939. The van der Waals surface area contributed by atoms with Crippen molar-refractivity contribution < 1.29 is 0 Å². The average molecular weight is 163 g/mol. The van der Waals surface area contributed by atoms with Gasteiger partial charge >= 0.3 is 0 Å². The Morgan fingerprint density at radius 2 is 2.00 bits per heavy atom. The van der Waals surface area contributed by atoms with E-state index in [1.807, 2.05) is 13.8 Å². The number of hydrogen-bond donors (Lipinski definition) is 0. The summed E-state index contributed by atoms with van der Waals surface area (Å²) in [4.78, 5) is 8.17. The van der Waals surface area contributed by atoms with Gasteiger partial charge in [0.2, 0.25) is 5.65 Å². The Morgan fingerprint density at radius 1 is 1.25 bits per heavy atom. The van der Waals surface area contributed by atoms with Crippen LogP contribution in [0.15, 0.2) is 12.4 Å². The fourth-order valence-electron chi connectivity index (χ4n) is 1.04. The smallest absolute Gasteiger partial charge is 0.221 e. The van der Waals surface area contributed by atoms with Crippen LogP contribution in [0.2, 0.25) is 0 Å². The maximum Gasteiger partial charge on any atom is 0.221 e. The van der Waals surface area contributed by atoms with Crippen LogP contribution >= 0.6 is 0 Å². The molecule has 0 spiro atoms. The Bertz CT molecular complexity index is 391. The van der Waals surface area contributed by atoms with Gasteiger partial charge in [-0.3, -0.25) is 0 Å². The molecule has 0 N–H and O–H groups in total. The lowest BCUT2D eigenvalue weighted by atomic mass is 10.4. The molecule has 62 valence electrons. The first-order chi connectivity index (χ1) is 5.79. The van der Waals surface area contributed by atoms with Gasteiger partial charge in [0.25, 0.3) is 0 Å². The van der Waals surface area contributed by atoms with Gasteiger partial charge in [0, 0.05) is 12.4 Å². The molecule has 0 radical (unpaired) electrons. The molecule has 0 unspecified atom stereocenters. The molecule has 5 nitrogen and oxygen atoms in total. The van der Waals surface area contributed by atoms with E-state index < -0.39 is 0 Å². The first-order valence-electron chi connectivity index (χ1n) is 3.81. The van der Waals surface area contributed by atoms with Gasteiger partial charge < -0.3 is 0 Å². The van der Waals surface area contributed by atoms with E-state index in [4.69, 9.17) is 0 Å². The Kier molecular flexibility index (Phi) is 1.49. The summed E-state index contributed by atoms with van der Waals surface area (Å²) in [5.41, 5.74) is 1.35. The van der Waals surface area contributed by atoms with E-state index in [-0.39, 0.29) is 6.04 Å². The standard InChI is InChI=1S/C7H9N5/c1-5(2)12-7-6(10-11-12)8-3-4-9-7/h3-5H,1-2H3. The van der Waals surface area contributed by atoms with Crippen LogP contribution in [-0.2, 0) is 0 Å². The molecular weight excluding hydrogens is 154 g/mol. The molecule has 0 bridgehead atoms. The maximum absolute atomic E-state index is 4.14. The Labute approximate surface area is 69.4 Å². The second-order valence-electron chi connectivity index (χ2n) is 2.83. The predicted molar refractivity (Wildman–Crippen MR) is 43.5 cm³/mol. The highest BCUT2D eigenvalue weighted by Gasteiger charge is 2.07. The van der Waals surface area contributed by atoms with Crippen LogP contribution in [-0.4, -0.2) is 25.0 Å². The zero-order chi connectivity index (χ0) is 8.55. The van der Waals surface area contributed by atoms with E-state index in [2.05, 4.69) is 20.3 Å². The summed E-state index contributed by atoms with van der Waals surface area (Å²) in [6.45, 7) is 4.06. The second-order valence-corrected chi connectivity index (χ2v) is 2.83. The minimum atomic E-state index is 0.270. The van der Waals surface area contributed by atoms with Crippen LogP contribution < -0.4 is 0 Å². The summed E-state index contributed by atoms with van der Waals surface area (Å²) in [6, 6.07) is 0.270. The average Bonchev–Trinajstić information content (AvgIpc) is 2.47. The third-order valence-electron chi connectivity index (χ3n) is 1.60. The predicted octanol–water partition coefficient (Wildman–Crippen LogP) is 0.802. The minimum absolute atomic E-state index is 0.270. The first-order valence-corrected chi connectivity index (χ1v) is 3.81.